The SMILES string of the molecule is CCOc1ccc([C@H]2C(C#N)=C(C)NC3=C2C(=O)C[C@H](c2ccc(Cl)cc2)C3)cc1OC. The van der Waals surface area contributed by atoms with Gasteiger partial charge in [-0.25, -0.2) is 0 Å². The summed E-state index contributed by atoms with van der Waals surface area (Å²) in [7, 11) is 1.59. The van der Waals surface area contributed by atoms with Crippen LogP contribution in [0.4, 0.5) is 0 Å². The van der Waals surface area contributed by atoms with Crippen molar-refractivity contribution in [2.75, 3.05) is 13.7 Å². The predicted molar refractivity (Wildman–Crippen MR) is 124 cm³/mol. The molecule has 0 fully saturated rings. The molecule has 4 rings (SSSR count). The van der Waals surface area contributed by atoms with E-state index in [9.17, 15) is 10.1 Å². The Labute approximate surface area is 193 Å². The van der Waals surface area contributed by atoms with Crippen molar-refractivity contribution in [2.45, 2.75) is 38.5 Å². The molecule has 0 unspecified atom stereocenters. The molecule has 0 bridgehead atoms. The van der Waals surface area contributed by atoms with Crippen LogP contribution in [0.2, 0.25) is 5.02 Å². The van der Waals surface area contributed by atoms with Gasteiger partial charge in [0.25, 0.3) is 0 Å². The number of Topliss-reactive ketones (excluding diaryl/α,β-unsaturated/α-hetero) is 1. The number of ether oxygens (including phenoxy) is 2. The Morgan fingerprint density at radius 1 is 1.12 bits per heavy atom. The molecule has 5 nitrogen and oxygen atoms in total. The lowest BCUT2D eigenvalue weighted by molar-refractivity contribution is -0.116. The van der Waals surface area contributed by atoms with E-state index in [1.165, 1.54) is 0 Å². The van der Waals surface area contributed by atoms with Gasteiger partial charge >= 0.3 is 0 Å². The topological polar surface area (TPSA) is 71.3 Å². The molecule has 2 aromatic rings. The maximum absolute atomic E-state index is 13.4. The maximum Gasteiger partial charge on any atom is 0.162 e. The minimum atomic E-state index is -0.431. The number of dihydropyridines is 1. The number of carbonyl (C=O) groups excluding carboxylic acids is 1. The number of hydrogen-bond donors (Lipinski definition) is 1. The van der Waals surface area contributed by atoms with Crippen LogP contribution in [0.1, 0.15) is 49.7 Å². The van der Waals surface area contributed by atoms with Crippen LogP contribution in [0.25, 0.3) is 0 Å². The van der Waals surface area contributed by atoms with E-state index in [1.54, 1.807) is 7.11 Å². The fraction of sp³-hybridized carbons (Fsp3) is 0.308. The molecule has 164 valence electrons. The van der Waals surface area contributed by atoms with E-state index in [4.69, 9.17) is 21.1 Å². The van der Waals surface area contributed by atoms with E-state index in [0.29, 0.717) is 47.1 Å². The number of allylic oxidation sites excluding steroid dienone is 4. The molecule has 1 N–H and O–H groups in total. The van der Waals surface area contributed by atoms with Gasteiger partial charge in [-0.3, -0.25) is 4.79 Å². The fourth-order valence-electron chi connectivity index (χ4n) is 4.63. The van der Waals surface area contributed by atoms with E-state index < -0.39 is 5.92 Å². The van der Waals surface area contributed by atoms with Crippen molar-refractivity contribution in [2.24, 2.45) is 0 Å². The highest BCUT2D eigenvalue weighted by molar-refractivity contribution is 6.30. The second-order valence-electron chi connectivity index (χ2n) is 8.02. The standard InChI is InChI=1S/C26H25ClN2O3/c1-4-32-23-10-7-17(13-24(23)31-3)25-20(14-28)15(2)29-21-11-18(12-22(30)26(21)25)16-5-8-19(27)9-6-16/h5-10,13,18,25,29H,4,11-12H2,1-3H3/t18-,25+/m1/s1. The van der Waals surface area contributed by atoms with Gasteiger partial charge < -0.3 is 14.8 Å². The van der Waals surface area contributed by atoms with Gasteiger partial charge in [0.1, 0.15) is 0 Å². The lowest BCUT2D eigenvalue weighted by atomic mass is 9.72. The second kappa shape index (κ2) is 9.10. The molecule has 0 saturated carbocycles. The monoisotopic (exact) mass is 448 g/mol. The second-order valence-corrected chi connectivity index (χ2v) is 8.46. The number of nitrogens with one attached hydrogen (secondary N) is 1. The highest BCUT2D eigenvalue weighted by atomic mass is 35.5. The highest BCUT2D eigenvalue weighted by Crippen LogP contribution is 2.46. The van der Waals surface area contributed by atoms with Crippen LogP contribution in [0.5, 0.6) is 11.5 Å². The summed E-state index contributed by atoms with van der Waals surface area (Å²) >= 11 is 6.04. The van der Waals surface area contributed by atoms with Crippen molar-refractivity contribution in [1.82, 2.24) is 5.32 Å². The molecule has 0 radical (unpaired) electrons. The third-order valence-electron chi connectivity index (χ3n) is 6.11. The zero-order chi connectivity index (χ0) is 22.8. The van der Waals surface area contributed by atoms with Gasteiger partial charge in [-0.2, -0.15) is 5.26 Å². The van der Waals surface area contributed by atoms with Crippen LogP contribution in [-0.2, 0) is 4.79 Å². The predicted octanol–water partition coefficient (Wildman–Crippen LogP) is 5.63. The number of carbonyl (C=O) groups is 1. The molecular weight excluding hydrogens is 424 g/mol. The van der Waals surface area contributed by atoms with Crippen LogP contribution in [0, 0.1) is 11.3 Å². The third kappa shape index (κ3) is 3.99. The summed E-state index contributed by atoms with van der Waals surface area (Å²) < 4.78 is 11.2. The molecule has 2 aromatic carbocycles. The third-order valence-corrected chi connectivity index (χ3v) is 6.36. The number of nitriles is 1. The van der Waals surface area contributed by atoms with Gasteiger partial charge in [0.15, 0.2) is 17.3 Å². The molecule has 6 heteroatoms. The Hall–Kier alpha value is -3.23. The molecule has 0 amide bonds. The smallest absolute Gasteiger partial charge is 0.162 e. The summed E-state index contributed by atoms with van der Waals surface area (Å²) in [6.45, 7) is 4.32. The number of methoxy groups -OCH3 is 1. The average Bonchev–Trinajstić information content (AvgIpc) is 2.79. The quantitative estimate of drug-likeness (QED) is 0.641. The van der Waals surface area contributed by atoms with Crippen LogP contribution in [0.3, 0.4) is 0 Å². The first-order chi connectivity index (χ1) is 15.5. The van der Waals surface area contributed by atoms with Crippen molar-refractivity contribution in [3.05, 3.63) is 81.2 Å². The van der Waals surface area contributed by atoms with Crippen LogP contribution in [-0.4, -0.2) is 19.5 Å². The first-order valence-corrected chi connectivity index (χ1v) is 11.0. The zero-order valence-corrected chi connectivity index (χ0v) is 19.1. The highest BCUT2D eigenvalue weighted by Gasteiger charge is 2.39. The molecule has 32 heavy (non-hydrogen) atoms. The molecule has 2 atom stereocenters. The van der Waals surface area contributed by atoms with E-state index in [-0.39, 0.29) is 11.7 Å². The Balaban J connectivity index is 1.77. The van der Waals surface area contributed by atoms with E-state index in [2.05, 4.69) is 11.4 Å². The summed E-state index contributed by atoms with van der Waals surface area (Å²) in [5, 5.41) is 14.0. The average molecular weight is 449 g/mol. The summed E-state index contributed by atoms with van der Waals surface area (Å²) in [6.07, 6.45) is 1.09. The molecule has 0 spiro atoms. The Bertz CT molecular complexity index is 1160. The largest absolute Gasteiger partial charge is 0.493 e. The molecule has 2 aliphatic rings. The first kappa shape index (κ1) is 22.0. The number of ketones is 1. The van der Waals surface area contributed by atoms with Crippen molar-refractivity contribution in [1.29, 1.82) is 5.26 Å². The number of halogens is 1. The number of hydrogen-bond acceptors (Lipinski definition) is 5. The molecular formula is C26H25ClN2O3. The van der Waals surface area contributed by atoms with Gasteiger partial charge in [0.05, 0.1) is 31.3 Å². The molecule has 0 saturated heterocycles. The Morgan fingerprint density at radius 2 is 1.84 bits per heavy atom. The summed E-state index contributed by atoms with van der Waals surface area (Å²) in [5.41, 5.74) is 4.80. The summed E-state index contributed by atoms with van der Waals surface area (Å²) in [6, 6.07) is 15.6. The van der Waals surface area contributed by atoms with Gasteiger partial charge in [0, 0.05) is 28.4 Å². The van der Waals surface area contributed by atoms with Crippen molar-refractivity contribution in [3.63, 3.8) is 0 Å². The number of nitrogens with zero attached hydrogens (tertiary/aromatic N) is 1. The van der Waals surface area contributed by atoms with Crippen molar-refractivity contribution >= 4 is 17.4 Å². The van der Waals surface area contributed by atoms with E-state index in [1.807, 2.05) is 56.3 Å². The molecule has 0 aromatic heterocycles. The number of benzene rings is 2. The lowest BCUT2D eigenvalue weighted by Crippen LogP contribution is -2.33. The van der Waals surface area contributed by atoms with Crippen LogP contribution >= 0.6 is 11.6 Å². The molecule has 1 aliphatic heterocycles. The lowest BCUT2D eigenvalue weighted by Gasteiger charge is -2.35. The summed E-state index contributed by atoms with van der Waals surface area (Å²) in [4.78, 5) is 13.4. The van der Waals surface area contributed by atoms with Crippen molar-refractivity contribution < 1.29 is 14.3 Å². The molecule has 1 heterocycles. The van der Waals surface area contributed by atoms with Crippen LogP contribution in [0.15, 0.2) is 65.0 Å². The minimum absolute atomic E-state index is 0.0526. The maximum atomic E-state index is 13.4. The van der Waals surface area contributed by atoms with Crippen LogP contribution < -0.4 is 14.8 Å². The first-order valence-electron chi connectivity index (χ1n) is 10.7. The van der Waals surface area contributed by atoms with Gasteiger partial charge in [-0.05, 0) is 61.6 Å². The van der Waals surface area contributed by atoms with E-state index in [0.717, 1.165) is 22.5 Å². The minimum Gasteiger partial charge on any atom is -0.493 e. The van der Waals surface area contributed by atoms with Gasteiger partial charge in [0.2, 0.25) is 0 Å². The summed E-state index contributed by atoms with van der Waals surface area (Å²) in [5.74, 6) is 0.912. The molecule has 1 aliphatic carbocycles. The Kier molecular flexibility index (Phi) is 6.25. The zero-order valence-electron chi connectivity index (χ0n) is 18.4. The Morgan fingerprint density at radius 3 is 2.50 bits per heavy atom. The number of rotatable bonds is 5. The normalized spacial score (nSPS) is 20.4. The van der Waals surface area contributed by atoms with Gasteiger partial charge in [-0.1, -0.05) is 29.8 Å². The van der Waals surface area contributed by atoms with E-state index >= 15 is 0 Å². The van der Waals surface area contributed by atoms with Crippen molar-refractivity contribution in [3.8, 4) is 17.6 Å². The fourth-order valence-corrected chi connectivity index (χ4v) is 4.76. The van der Waals surface area contributed by atoms with Gasteiger partial charge in [-0.15, -0.1) is 0 Å².